The normalized spacial score (nSPS) is 14.5. The van der Waals surface area contributed by atoms with Crippen LogP contribution in [0.1, 0.15) is 47.2 Å². The predicted molar refractivity (Wildman–Crippen MR) is 196 cm³/mol. The second-order valence-electron chi connectivity index (χ2n) is 13.4. The summed E-state index contributed by atoms with van der Waals surface area (Å²) in [5.74, 6) is 0. The van der Waals surface area contributed by atoms with Crippen LogP contribution in [0.4, 0.5) is 11.4 Å². The van der Waals surface area contributed by atoms with Gasteiger partial charge in [0.1, 0.15) is 0 Å². The topological polar surface area (TPSA) is 12.0 Å². The minimum atomic E-state index is -0.427. The van der Waals surface area contributed by atoms with E-state index in [-0.39, 0.29) is 5.41 Å². The molecule has 0 aliphatic heterocycles. The summed E-state index contributed by atoms with van der Waals surface area (Å²) in [7, 11) is 0. The molecule has 0 atom stereocenters. The molecule has 1 nitrogen and oxygen atoms in total. The van der Waals surface area contributed by atoms with Crippen molar-refractivity contribution in [1.82, 2.24) is 0 Å². The van der Waals surface area contributed by atoms with Gasteiger partial charge in [-0.3, -0.25) is 0 Å². The summed E-state index contributed by atoms with van der Waals surface area (Å²) in [5, 5.41) is 3.92. The number of hydrogen-bond acceptors (Lipinski definition) is 1. The standard InChI is InChI=1S/C46H35N/c1-45(2)41-28-15-29-42(43(41)38-25-14-24-35(44(38)45)31-16-5-3-6-17-31)47-34-21-13-20-33(30-34)46(32-18-7-4-8-19-32)39-26-11-9-22-36(39)37-23-10-12-27-40(37)46/h3-30,47H,1-2H3. The van der Waals surface area contributed by atoms with Crippen LogP contribution in [0.5, 0.6) is 0 Å². The smallest absolute Gasteiger partial charge is 0.0714 e. The molecule has 224 valence electrons. The average Bonchev–Trinajstić information content (AvgIpc) is 3.56. The summed E-state index contributed by atoms with van der Waals surface area (Å²) in [6.07, 6.45) is 0. The van der Waals surface area contributed by atoms with Gasteiger partial charge >= 0.3 is 0 Å². The molecule has 47 heavy (non-hydrogen) atoms. The molecule has 0 bridgehead atoms. The summed E-state index contributed by atoms with van der Waals surface area (Å²) < 4.78 is 0. The lowest BCUT2D eigenvalue weighted by atomic mass is 9.67. The summed E-state index contributed by atoms with van der Waals surface area (Å²) in [6, 6.07) is 62.3. The molecular formula is C46H35N. The van der Waals surface area contributed by atoms with Gasteiger partial charge < -0.3 is 5.32 Å². The first-order valence-corrected chi connectivity index (χ1v) is 16.5. The molecule has 0 saturated heterocycles. The Morgan fingerprint density at radius 2 is 0.957 bits per heavy atom. The first-order chi connectivity index (χ1) is 23.1. The Labute approximate surface area is 277 Å². The lowest BCUT2D eigenvalue weighted by Gasteiger charge is -2.34. The van der Waals surface area contributed by atoms with Gasteiger partial charge in [-0.05, 0) is 79.4 Å². The highest BCUT2D eigenvalue weighted by atomic mass is 14.9. The van der Waals surface area contributed by atoms with Gasteiger partial charge in [0.2, 0.25) is 0 Å². The number of anilines is 2. The van der Waals surface area contributed by atoms with Crippen LogP contribution in [0.2, 0.25) is 0 Å². The van der Waals surface area contributed by atoms with Gasteiger partial charge in [0.25, 0.3) is 0 Å². The van der Waals surface area contributed by atoms with E-state index in [1.807, 2.05) is 0 Å². The molecule has 0 unspecified atom stereocenters. The molecule has 2 aliphatic carbocycles. The zero-order valence-electron chi connectivity index (χ0n) is 26.7. The lowest BCUT2D eigenvalue weighted by molar-refractivity contribution is 0.662. The van der Waals surface area contributed by atoms with E-state index in [0.717, 1.165) is 11.4 Å². The van der Waals surface area contributed by atoms with Crippen LogP contribution >= 0.6 is 0 Å². The van der Waals surface area contributed by atoms with E-state index < -0.39 is 5.41 Å². The average molecular weight is 602 g/mol. The van der Waals surface area contributed by atoms with Gasteiger partial charge in [-0.2, -0.15) is 0 Å². The Kier molecular flexibility index (Phi) is 6.14. The van der Waals surface area contributed by atoms with Gasteiger partial charge in [0, 0.05) is 22.4 Å². The predicted octanol–water partition coefficient (Wildman–Crippen LogP) is 11.8. The van der Waals surface area contributed by atoms with Gasteiger partial charge in [0.05, 0.1) is 5.41 Å². The number of fused-ring (bicyclic) bond motifs is 6. The molecule has 0 amide bonds. The Hall–Kier alpha value is -5.66. The van der Waals surface area contributed by atoms with Crippen molar-refractivity contribution in [2.75, 3.05) is 5.32 Å². The Morgan fingerprint density at radius 3 is 1.68 bits per heavy atom. The highest BCUT2D eigenvalue weighted by molar-refractivity contribution is 5.95. The van der Waals surface area contributed by atoms with Crippen molar-refractivity contribution in [3.05, 3.63) is 203 Å². The molecule has 1 N–H and O–H groups in total. The van der Waals surface area contributed by atoms with Crippen LogP contribution in [0.25, 0.3) is 33.4 Å². The Morgan fingerprint density at radius 1 is 0.426 bits per heavy atom. The SMILES string of the molecule is CC1(C)c2cccc(Nc3cccc(C4(c5ccccc5)c5ccccc5-c5ccccc54)c3)c2-c2cccc(-c3ccccc3)c21. The van der Waals surface area contributed by atoms with E-state index >= 15 is 0 Å². The van der Waals surface area contributed by atoms with Crippen molar-refractivity contribution < 1.29 is 0 Å². The zero-order chi connectivity index (χ0) is 31.6. The second kappa shape index (κ2) is 10.4. The highest BCUT2D eigenvalue weighted by Gasteiger charge is 2.46. The van der Waals surface area contributed by atoms with Gasteiger partial charge in [-0.25, -0.2) is 0 Å². The molecule has 0 spiro atoms. The van der Waals surface area contributed by atoms with Crippen LogP contribution in [0.15, 0.2) is 170 Å². The number of benzene rings is 7. The van der Waals surface area contributed by atoms with Crippen molar-refractivity contribution in [3.8, 4) is 33.4 Å². The zero-order valence-corrected chi connectivity index (χ0v) is 26.7. The molecule has 9 rings (SSSR count). The van der Waals surface area contributed by atoms with E-state index in [2.05, 4.69) is 189 Å². The highest BCUT2D eigenvalue weighted by Crippen LogP contribution is 2.57. The minimum absolute atomic E-state index is 0.134. The third-order valence-corrected chi connectivity index (χ3v) is 10.5. The van der Waals surface area contributed by atoms with Crippen molar-refractivity contribution in [3.63, 3.8) is 0 Å². The number of hydrogen-bond donors (Lipinski definition) is 1. The summed E-state index contributed by atoms with van der Waals surface area (Å²) in [6.45, 7) is 4.74. The fourth-order valence-corrected chi connectivity index (χ4v) is 8.59. The molecule has 2 aliphatic rings. The largest absolute Gasteiger partial charge is 0.355 e. The van der Waals surface area contributed by atoms with Crippen LogP contribution in [0.3, 0.4) is 0 Å². The van der Waals surface area contributed by atoms with Crippen molar-refractivity contribution in [2.24, 2.45) is 0 Å². The van der Waals surface area contributed by atoms with E-state index in [0.29, 0.717) is 0 Å². The fraction of sp³-hybridized carbons (Fsp3) is 0.0870. The maximum absolute atomic E-state index is 3.92. The number of rotatable bonds is 5. The molecule has 0 aromatic heterocycles. The Bertz CT molecular complexity index is 2250. The molecule has 0 fully saturated rings. The monoisotopic (exact) mass is 601 g/mol. The van der Waals surface area contributed by atoms with Crippen molar-refractivity contribution >= 4 is 11.4 Å². The summed E-state index contributed by atoms with van der Waals surface area (Å²) in [5.41, 5.74) is 17.4. The van der Waals surface area contributed by atoms with Gasteiger partial charge in [-0.1, -0.05) is 166 Å². The number of nitrogens with one attached hydrogen (secondary N) is 1. The maximum Gasteiger partial charge on any atom is 0.0714 e. The van der Waals surface area contributed by atoms with Crippen LogP contribution in [-0.2, 0) is 10.8 Å². The van der Waals surface area contributed by atoms with Gasteiger partial charge in [0.15, 0.2) is 0 Å². The van der Waals surface area contributed by atoms with E-state index in [1.54, 1.807) is 0 Å². The molecule has 0 radical (unpaired) electrons. The Balaban J connectivity index is 1.21. The molecule has 7 aromatic rings. The van der Waals surface area contributed by atoms with Crippen LogP contribution in [-0.4, -0.2) is 0 Å². The first kappa shape index (κ1) is 27.6. The molecular weight excluding hydrogens is 567 g/mol. The quantitative estimate of drug-likeness (QED) is 0.207. The molecule has 7 aromatic carbocycles. The lowest BCUT2D eigenvalue weighted by Crippen LogP contribution is -2.28. The summed E-state index contributed by atoms with van der Waals surface area (Å²) in [4.78, 5) is 0. The molecule has 0 saturated carbocycles. The minimum Gasteiger partial charge on any atom is -0.355 e. The fourth-order valence-electron chi connectivity index (χ4n) is 8.59. The van der Waals surface area contributed by atoms with Crippen LogP contribution in [0, 0.1) is 0 Å². The van der Waals surface area contributed by atoms with Crippen molar-refractivity contribution in [1.29, 1.82) is 0 Å². The van der Waals surface area contributed by atoms with Crippen LogP contribution < -0.4 is 5.32 Å². The van der Waals surface area contributed by atoms with Gasteiger partial charge in [-0.15, -0.1) is 0 Å². The maximum atomic E-state index is 3.92. The van der Waals surface area contributed by atoms with Crippen molar-refractivity contribution in [2.45, 2.75) is 24.7 Å². The summed E-state index contributed by atoms with van der Waals surface area (Å²) >= 11 is 0. The third kappa shape index (κ3) is 3.96. The first-order valence-electron chi connectivity index (χ1n) is 16.5. The van der Waals surface area contributed by atoms with E-state index in [1.165, 1.54) is 66.8 Å². The second-order valence-corrected chi connectivity index (χ2v) is 13.4. The third-order valence-electron chi connectivity index (χ3n) is 10.5. The molecule has 0 heterocycles. The van der Waals surface area contributed by atoms with E-state index in [9.17, 15) is 0 Å². The molecule has 1 heteroatoms. The van der Waals surface area contributed by atoms with E-state index in [4.69, 9.17) is 0 Å².